The van der Waals surface area contributed by atoms with Gasteiger partial charge in [-0.15, -0.1) is 0 Å². The van der Waals surface area contributed by atoms with E-state index in [0.717, 1.165) is 18.8 Å². The van der Waals surface area contributed by atoms with Gasteiger partial charge in [0.15, 0.2) is 0 Å². The third-order valence-corrected chi connectivity index (χ3v) is 2.21. The van der Waals surface area contributed by atoms with Crippen molar-refractivity contribution < 1.29 is 4.79 Å². The molecule has 0 heterocycles. The minimum absolute atomic E-state index is 0.356. The third kappa shape index (κ3) is 3.43. The second kappa shape index (κ2) is 5.37. The fraction of sp³-hybridized carbons (Fsp3) is 0.364. The number of carbonyl (C=O) groups is 1. The second-order valence-corrected chi connectivity index (χ2v) is 3.90. The molecule has 0 aliphatic heterocycles. The fourth-order valence-electron chi connectivity index (χ4n) is 1.30. The van der Waals surface area contributed by atoms with Crippen LogP contribution in [0.1, 0.15) is 10.4 Å². The molecule has 0 atom stereocenters. The second-order valence-electron chi connectivity index (χ2n) is 3.90. The van der Waals surface area contributed by atoms with Crippen molar-refractivity contribution in [1.82, 2.24) is 4.90 Å². The Balaban J connectivity index is 2.68. The van der Waals surface area contributed by atoms with E-state index in [2.05, 4.69) is 10.2 Å². The number of nitrogens with one attached hydrogen (secondary N) is 1. The monoisotopic (exact) mass is 222 g/mol. The summed E-state index contributed by atoms with van der Waals surface area (Å²) in [5, 5.41) is 3.19. The number of amides is 1. The topological polar surface area (TPSA) is 84.4 Å². The fourth-order valence-corrected chi connectivity index (χ4v) is 1.30. The van der Waals surface area contributed by atoms with E-state index in [0.29, 0.717) is 11.3 Å². The average Bonchev–Trinajstić information content (AvgIpc) is 2.19. The Labute approximate surface area is 95.4 Å². The highest BCUT2D eigenvalue weighted by Gasteiger charge is 2.06. The van der Waals surface area contributed by atoms with Crippen molar-refractivity contribution in [3.8, 4) is 0 Å². The molecule has 0 spiro atoms. The molecule has 1 aromatic carbocycles. The van der Waals surface area contributed by atoms with Gasteiger partial charge in [-0.3, -0.25) is 4.79 Å². The Bertz CT molecular complexity index is 376. The molecule has 0 radical (unpaired) electrons. The van der Waals surface area contributed by atoms with Crippen LogP contribution in [0, 0.1) is 0 Å². The van der Waals surface area contributed by atoms with Gasteiger partial charge in [-0.05, 0) is 32.3 Å². The smallest absolute Gasteiger partial charge is 0.250 e. The Morgan fingerprint density at radius 3 is 2.69 bits per heavy atom. The zero-order valence-corrected chi connectivity index (χ0v) is 9.66. The molecular formula is C11H18N4O. The molecule has 0 aliphatic carbocycles. The quantitative estimate of drug-likeness (QED) is 0.627. The van der Waals surface area contributed by atoms with Gasteiger partial charge in [0, 0.05) is 24.5 Å². The van der Waals surface area contributed by atoms with E-state index in [4.69, 9.17) is 11.5 Å². The molecule has 1 amide bonds. The number of hydrogen-bond acceptors (Lipinski definition) is 4. The molecule has 0 bridgehead atoms. The lowest BCUT2D eigenvalue weighted by Crippen LogP contribution is -2.21. The lowest BCUT2D eigenvalue weighted by molar-refractivity contribution is 0.100. The van der Waals surface area contributed by atoms with Crippen LogP contribution < -0.4 is 16.8 Å². The van der Waals surface area contributed by atoms with Crippen LogP contribution in [0.4, 0.5) is 11.4 Å². The zero-order chi connectivity index (χ0) is 12.1. The molecular weight excluding hydrogens is 204 g/mol. The predicted molar refractivity (Wildman–Crippen MR) is 66.4 cm³/mol. The number of hydrogen-bond donors (Lipinski definition) is 3. The van der Waals surface area contributed by atoms with E-state index in [1.807, 2.05) is 20.2 Å². The maximum Gasteiger partial charge on any atom is 0.250 e. The van der Waals surface area contributed by atoms with Gasteiger partial charge in [0.25, 0.3) is 5.91 Å². The molecule has 5 heteroatoms. The first kappa shape index (κ1) is 12.3. The van der Waals surface area contributed by atoms with Crippen LogP contribution in [0.5, 0.6) is 0 Å². The molecule has 5 N–H and O–H groups in total. The van der Waals surface area contributed by atoms with E-state index >= 15 is 0 Å². The predicted octanol–water partition coefficient (Wildman–Crippen LogP) is 0.341. The summed E-state index contributed by atoms with van der Waals surface area (Å²) >= 11 is 0. The van der Waals surface area contributed by atoms with Crippen LogP contribution in [0.15, 0.2) is 18.2 Å². The maximum absolute atomic E-state index is 11.1. The number of carbonyl (C=O) groups excluding carboxylic acids is 1. The Kier molecular flexibility index (Phi) is 4.13. The summed E-state index contributed by atoms with van der Waals surface area (Å²) in [6.07, 6.45) is 0. The van der Waals surface area contributed by atoms with Crippen LogP contribution in [-0.2, 0) is 0 Å². The lowest BCUT2D eigenvalue weighted by atomic mass is 10.1. The summed E-state index contributed by atoms with van der Waals surface area (Å²) in [7, 11) is 4.00. The van der Waals surface area contributed by atoms with Crippen molar-refractivity contribution in [2.75, 3.05) is 38.2 Å². The number of anilines is 2. The minimum atomic E-state index is -0.506. The molecule has 16 heavy (non-hydrogen) atoms. The van der Waals surface area contributed by atoms with Gasteiger partial charge in [0.05, 0.1) is 5.56 Å². The van der Waals surface area contributed by atoms with Crippen molar-refractivity contribution in [3.05, 3.63) is 23.8 Å². The Morgan fingerprint density at radius 1 is 1.44 bits per heavy atom. The van der Waals surface area contributed by atoms with Crippen LogP contribution in [-0.4, -0.2) is 38.0 Å². The van der Waals surface area contributed by atoms with Gasteiger partial charge in [0.1, 0.15) is 0 Å². The third-order valence-electron chi connectivity index (χ3n) is 2.21. The molecule has 1 rings (SSSR count). The van der Waals surface area contributed by atoms with Crippen LogP contribution in [0.3, 0.4) is 0 Å². The molecule has 0 saturated heterocycles. The number of nitrogens with zero attached hydrogens (tertiary/aromatic N) is 1. The zero-order valence-electron chi connectivity index (χ0n) is 9.66. The van der Waals surface area contributed by atoms with Crippen molar-refractivity contribution in [2.45, 2.75) is 0 Å². The summed E-state index contributed by atoms with van der Waals surface area (Å²) in [6, 6.07) is 5.18. The van der Waals surface area contributed by atoms with E-state index < -0.39 is 5.91 Å². The van der Waals surface area contributed by atoms with E-state index in [1.165, 1.54) is 0 Å². The molecule has 5 nitrogen and oxygen atoms in total. The van der Waals surface area contributed by atoms with Crippen molar-refractivity contribution in [1.29, 1.82) is 0 Å². The van der Waals surface area contributed by atoms with E-state index in [1.54, 1.807) is 12.1 Å². The number of likely N-dealkylation sites (N-methyl/N-ethyl adjacent to an activating group) is 1. The molecule has 0 fully saturated rings. The van der Waals surface area contributed by atoms with E-state index in [9.17, 15) is 4.79 Å². The normalized spacial score (nSPS) is 10.4. The number of nitrogens with two attached hydrogens (primary N) is 2. The number of primary amides is 1. The van der Waals surface area contributed by atoms with Crippen LogP contribution in [0.25, 0.3) is 0 Å². The molecule has 0 saturated carbocycles. The van der Waals surface area contributed by atoms with Gasteiger partial charge >= 0.3 is 0 Å². The largest absolute Gasteiger partial charge is 0.398 e. The van der Waals surface area contributed by atoms with Crippen LogP contribution in [0.2, 0.25) is 0 Å². The molecule has 1 aromatic rings. The number of nitrogen functional groups attached to an aromatic ring is 1. The number of benzene rings is 1. The minimum Gasteiger partial charge on any atom is -0.398 e. The Hall–Kier alpha value is -1.75. The summed E-state index contributed by atoms with van der Waals surface area (Å²) < 4.78 is 0. The van der Waals surface area contributed by atoms with Gasteiger partial charge in [-0.1, -0.05) is 0 Å². The lowest BCUT2D eigenvalue weighted by Gasteiger charge is -2.12. The first-order chi connectivity index (χ1) is 7.50. The van der Waals surface area contributed by atoms with Crippen molar-refractivity contribution >= 4 is 17.3 Å². The van der Waals surface area contributed by atoms with Gasteiger partial charge in [-0.25, -0.2) is 0 Å². The Morgan fingerprint density at radius 2 is 2.12 bits per heavy atom. The first-order valence-electron chi connectivity index (χ1n) is 5.08. The standard InChI is InChI=1S/C11H18N4O/c1-15(2)6-5-14-8-3-4-10(12)9(7-8)11(13)16/h3-4,7,14H,5-6,12H2,1-2H3,(H2,13,16). The highest BCUT2D eigenvalue weighted by atomic mass is 16.1. The highest BCUT2D eigenvalue weighted by molar-refractivity contribution is 5.98. The summed E-state index contributed by atoms with van der Waals surface area (Å²) in [5.74, 6) is -0.506. The molecule has 0 aliphatic rings. The molecule has 0 aromatic heterocycles. The summed E-state index contributed by atoms with van der Waals surface area (Å²) in [4.78, 5) is 13.1. The van der Waals surface area contributed by atoms with Gasteiger partial charge in [-0.2, -0.15) is 0 Å². The maximum atomic E-state index is 11.1. The van der Waals surface area contributed by atoms with Crippen LogP contribution >= 0.6 is 0 Å². The summed E-state index contributed by atoms with van der Waals surface area (Å²) in [6.45, 7) is 1.71. The highest BCUT2D eigenvalue weighted by Crippen LogP contribution is 2.16. The van der Waals surface area contributed by atoms with E-state index in [-0.39, 0.29) is 0 Å². The summed E-state index contributed by atoms with van der Waals surface area (Å²) in [5.41, 5.74) is 12.5. The van der Waals surface area contributed by atoms with Crippen molar-refractivity contribution in [3.63, 3.8) is 0 Å². The number of rotatable bonds is 5. The van der Waals surface area contributed by atoms with Gasteiger partial charge in [0.2, 0.25) is 0 Å². The average molecular weight is 222 g/mol. The van der Waals surface area contributed by atoms with Gasteiger partial charge < -0.3 is 21.7 Å². The first-order valence-corrected chi connectivity index (χ1v) is 5.08. The molecule has 0 unspecified atom stereocenters. The SMILES string of the molecule is CN(C)CCNc1ccc(N)c(C(N)=O)c1. The molecule has 88 valence electrons. The van der Waals surface area contributed by atoms with Crippen molar-refractivity contribution in [2.24, 2.45) is 5.73 Å².